The Morgan fingerprint density at radius 1 is 1.29 bits per heavy atom. The molecule has 21 heavy (non-hydrogen) atoms. The summed E-state index contributed by atoms with van der Waals surface area (Å²) >= 11 is 0. The van der Waals surface area contributed by atoms with E-state index in [0.29, 0.717) is 18.9 Å². The van der Waals surface area contributed by atoms with Crippen molar-refractivity contribution in [2.45, 2.75) is 38.5 Å². The van der Waals surface area contributed by atoms with Gasteiger partial charge in [0.25, 0.3) is 0 Å². The van der Waals surface area contributed by atoms with Gasteiger partial charge in [-0.3, -0.25) is 10.1 Å². The van der Waals surface area contributed by atoms with Crippen LogP contribution in [0.2, 0.25) is 0 Å². The summed E-state index contributed by atoms with van der Waals surface area (Å²) in [5.41, 5.74) is 8.55. The van der Waals surface area contributed by atoms with Gasteiger partial charge in [0.1, 0.15) is 12.3 Å². The molecule has 1 saturated heterocycles. The van der Waals surface area contributed by atoms with Crippen LogP contribution in [-0.4, -0.2) is 24.8 Å². The minimum absolute atomic E-state index is 0.0109. The van der Waals surface area contributed by atoms with E-state index in [4.69, 9.17) is 0 Å². The van der Waals surface area contributed by atoms with Crippen LogP contribution >= 0.6 is 0 Å². The molecule has 0 saturated carbocycles. The highest BCUT2D eigenvalue weighted by Gasteiger charge is 2.26. The Balaban J connectivity index is 1.89. The van der Waals surface area contributed by atoms with Crippen LogP contribution in [0.3, 0.4) is 0 Å². The van der Waals surface area contributed by atoms with Gasteiger partial charge in [-0.2, -0.15) is 0 Å². The topological polar surface area (TPSA) is 65.2 Å². The minimum Gasteiger partial charge on any atom is -0.326 e. The van der Waals surface area contributed by atoms with Crippen molar-refractivity contribution in [3.63, 3.8) is 0 Å². The molecule has 0 radical (unpaired) electrons. The van der Waals surface area contributed by atoms with E-state index in [2.05, 4.69) is 66.2 Å². The number of rotatable bonds is 6. The maximum absolute atomic E-state index is 12.1. The molecule has 5 heteroatoms. The molecule has 5 nitrogen and oxygen atoms in total. The van der Waals surface area contributed by atoms with Gasteiger partial charge in [-0.25, -0.2) is 10.9 Å². The van der Waals surface area contributed by atoms with E-state index in [9.17, 15) is 4.79 Å². The summed E-state index contributed by atoms with van der Waals surface area (Å²) in [5, 5.41) is 5.96. The number of nitrogens with one attached hydrogen (secondary N) is 4. The molecule has 0 spiro atoms. The maximum atomic E-state index is 12.1. The van der Waals surface area contributed by atoms with Crippen molar-refractivity contribution in [3.05, 3.63) is 48.0 Å². The number of hydrogen-bond acceptors (Lipinski definition) is 4. The molecule has 1 fully saturated rings. The zero-order chi connectivity index (χ0) is 15.2. The zero-order valence-corrected chi connectivity index (χ0v) is 12.6. The highest BCUT2D eigenvalue weighted by molar-refractivity contribution is 5.82. The van der Waals surface area contributed by atoms with E-state index in [1.165, 1.54) is 5.56 Å². The second kappa shape index (κ2) is 7.36. The third-order valence-corrected chi connectivity index (χ3v) is 3.56. The minimum atomic E-state index is -0.268. The van der Waals surface area contributed by atoms with Crippen LogP contribution < -0.4 is 21.5 Å². The smallest absolute Gasteiger partial charge is 0.241 e. The van der Waals surface area contributed by atoms with Crippen LogP contribution in [0.4, 0.5) is 0 Å². The van der Waals surface area contributed by atoms with Crippen LogP contribution in [0, 0.1) is 0 Å². The van der Waals surface area contributed by atoms with Crippen LogP contribution in [-0.2, 0) is 11.2 Å². The first kappa shape index (κ1) is 15.7. The number of carbonyl (C=O) groups is 1. The van der Waals surface area contributed by atoms with Gasteiger partial charge in [0.05, 0.1) is 0 Å². The van der Waals surface area contributed by atoms with Gasteiger partial charge in [-0.1, -0.05) is 44.2 Å². The van der Waals surface area contributed by atoms with Gasteiger partial charge in [-0.05, 0) is 23.5 Å². The van der Waals surface area contributed by atoms with Crippen LogP contribution in [0.5, 0.6) is 0 Å². The molecule has 1 aromatic rings. The fourth-order valence-electron chi connectivity index (χ4n) is 2.25. The maximum Gasteiger partial charge on any atom is 0.241 e. The van der Waals surface area contributed by atoms with E-state index >= 15 is 0 Å². The summed E-state index contributed by atoms with van der Waals surface area (Å²) in [6.45, 7) is 8.60. The van der Waals surface area contributed by atoms with Crippen molar-refractivity contribution in [1.82, 2.24) is 21.5 Å². The summed E-state index contributed by atoms with van der Waals surface area (Å²) in [4.78, 5) is 12.1. The van der Waals surface area contributed by atoms with Crippen molar-refractivity contribution in [1.29, 1.82) is 0 Å². The largest absolute Gasteiger partial charge is 0.326 e. The van der Waals surface area contributed by atoms with Gasteiger partial charge >= 0.3 is 0 Å². The molecule has 0 aliphatic carbocycles. The Kier molecular flexibility index (Phi) is 5.50. The van der Waals surface area contributed by atoms with E-state index < -0.39 is 0 Å². The highest BCUT2D eigenvalue weighted by Crippen LogP contribution is 2.15. The predicted molar refractivity (Wildman–Crippen MR) is 84.4 cm³/mol. The lowest BCUT2D eigenvalue weighted by Crippen LogP contribution is -2.70. The lowest BCUT2D eigenvalue weighted by molar-refractivity contribution is -0.127. The predicted octanol–water partition coefficient (Wildman–Crippen LogP) is 1.00. The summed E-state index contributed by atoms with van der Waals surface area (Å²) in [6.07, 6.45) is 2.14. The van der Waals surface area contributed by atoms with E-state index in [1.807, 2.05) is 0 Å². The molecule has 1 aliphatic rings. The van der Waals surface area contributed by atoms with E-state index in [1.54, 1.807) is 6.08 Å². The number of hydrazine groups is 1. The van der Waals surface area contributed by atoms with Crippen LogP contribution in [0.15, 0.2) is 36.9 Å². The molecule has 1 aliphatic heterocycles. The van der Waals surface area contributed by atoms with Crippen molar-refractivity contribution in [2.24, 2.45) is 0 Å². The molecule has 0 bridgehead atoms. The summed E-state index contributed by atoms with van der Waals surface area (Å²) < 4.78 is 0. The Morgan fingerprint density at radius 3 is 2.57 bits per heavy atom. The SMILES string of the molecule is C=CCNC1NNC(Cc2ccc(C(C)C)cc2)C(=O)N1. The van der Waals surface area contributed by atoms with Crippen LogP contribution in [0.25, 0.3) is 0 Å². The molecule has 1 aromatic carbocycles. The molecular weight excluding hydrogens is 264 g/mol. The lowest BCUT2D eigenvalue weighted by Gasteiger charge is -2.31. The quantitative estimate of drug-likeness (QED) is 0.590. The van der Waals surface area contributed by atoms with Gasteiger partial charge in [0, 0.05) is 6.54 Å². The average Bonchev–Trinajstić information content (AvgIpc) is 2.48. The highest BCUT2D eigenvalue weighted by atomic mass is 16.2. The molecule has 0 aromatic heterocycles. The molecule has 1 heterocycles. The molecule has 114 valence electrons. The Bertz CT molecular complexity index is 484. The van der Waals surface area contributed by atoms with Gasteiger partial charge < -0.3 is 5.32 Å². The second-order valence-corrected chi connectivity index (χ2v) is 5.58. The zero-order valence-electron chi connectivity index (χ0n) is 12.6. The molecule has 2 atom stereocenters. The average molecular weight is 288 g/mol. The third kappa shape index (κ3) is 4.39. The third-order valence-electron chi connectivity index (χ3n) is 3.56. The Morgan fingerprint density at radius 2 is 2.00 bits per heavy atom. The van der Waals surface area contributed by atoms with Crippen molar-refractivity contribution < 1.29 is 4.79 Å². The fourth-order valence-corrected chi connectivity index (χ4v) is 2.25. The van der Waals surface area contributed by atoms with E-state index in [0.717, 1.165) is 5.56 Å². The lowest BCUT2D eigenvalue weighted by atomic mass is 9.99. The monoisotopic (exact) mass is 288 g/mol. The number of hydrogen-bond donors (Lipinski definition) is 4. The standard InChI is InChI=1S/C16H24N4O/c1-4-9-17-16-18-15(21)14(19-20-16)10-12-5-7-13(8-6-12)11(2)3/h4-8,11,14,16-17,19-20H,1,9-10H2,2-3H3,(H,18,21). The molecule has 4 N–H and O–H groups in total. The number of benzene rings is 1. The fraction of sp³-hybridized carbons (Fsp3) is 0.438. The van der Waals surface area contributed by atoms with Crippen molar-refractivity contribution in [2.75, 3.05) is 6.54 Å². The normalized spacial score (nSPS) is 22.1. The first-order valence-corrected chi connectivity index (χ1v) is 7.34. The number of amides is 1. The van der Waals surface area contributed by atoms with Crippen molar-refractivity contribution >= 4 is 5.91 Å². The molecule has 1 amide bonds. The van der Waals surface area contributed by atoms with Gasteiger partial charge in [0.2, 0.25) is 5.91 Å². The molecule has 2 rings (SSSR count). The summed E-state index contributed by atoms with van der Waals surface area (Å²) in [5.74, 6) is 0.511. The first-order valence-electron chi connectivity index (χ1n) is 7.34. The van der Waals surface area contributed by atoms with E-state index in [-0.39, 0.29) is 18.2 Å². The van der Waals surface area contributed by atoms with Crippen molar-refractivity contribution in [3.8, 4) is 0 Å². The van der Waals surface area contributed by atoms with Gasteiger partial charge in [-0.15, -0.1) is 6.58 Å². The second-order valence-electron chi connectivity index (χ2n) is 5.58. The molecular formula is C16H24N4O. The van der Waals surface area contributed by atoms with Crippen LogP contribution in [0.1, 0.15) is 30.9 Å². The Labute approximate surface area is 126 Å². The molecule has 2 unspecified atom stereocenters. The summed E-state index contributed by atoms with van der Waals surface area (Å²) in [6, 6.07) is 8.17. The summed E-state index contributed by atoms with van der Waals surface area (Å²) in [7, 11) is 0. The number of carbonyl (C=O) groups excluding carboxylic acids is 1. The first-order chi connectivity index (χ1) is 10.1. The Hall–Kier alpha value is -1.69. The van der Waals surface area contributed by atoms with Gasteiger partial charge in [0.15, 0.2) is 0 Å².